The van der Waals surface area contributed by atoms with Crippen molar-refractivity contribution < 1.29 is 4.79 Å². The van der Waals surface area contributed by atoms with Crippen LogP contribution < -0.4 is 0 Å². The van der Waals surface area contributed by atoms with Gasteiger partial charge in [-0.1, -0.05) is 5.92 Å². The van der Waals surface area contributed by atoms with Gasteiger partial charge in [0.05, 0.1) is 0 Å². The Bertz CT molecular complexity index is 373. The van der Waals surface area contributed by atoms with E-state index in [1.54, 1.807) is 12.3 Å². The van der Waals surface area contributed by atoms with Crippen LogP contribution in [0.5, 0.6) is 0 Å². The van der Waals surface area contributed by atoms with Crippen LogP contribution in [0, 0.1) is 23.2 Å². The van der Waals surface area contributed by atoms with Crippen molar-refractivity contribution in [2.75, 3.05) is 0 Å². The largest absolute Gasteiger partial charge is 0.353 e. The first-order valence-corrected chi connectivity index (χ1v) is 3.36. The van der Waals surface area contributed by atoms with Crippen molar-refractivity contribution in [1.82, 2.24) is 4.98 Å². The van der Waals surface area contributed by atoms with Crippen LogP contribution >= 0.6 is 0 Å². The zero-order valence-corrected chi connectivity index (χ0v) is 6.29. The lowest BCUT2D eigenvalue weighted by atomic mass is 10.2. The van der Waals surface area contributed by atoms with E-state index in [0.717, 1.165) is 5.56 Å². The maximum absolute atomic E-state index is 9.82. The molecule has 1 heterocycles. The maximum Gasteiger partial charge on any atom is 0.192 e. The predicted octanol–water partition coefficient (Wildman–Crippen LogP) is 0.631. The van der Waals surface area contributed by atoms with Crippen molar-refractivity contribution in [3.05, 3.63) is 23.5 Å². The number of hydrogen-bond donors (Lipinski definition) is 1. The van der Waals surface area contributed by atoms with E-state index in [-0.39, 0.29) is 0 Å². The number of carbonyl (C=O) groups is 1. The quantitative estimate of drug-likeness (QED) is 0.481. The summed E-state index contributed by atoms with van der Waals surface area (Å²) in [5, 5.41) is 8.45. The molecule has 0 saturated carbocycles. The highest BCUT2D eigenvalue weighted by atomic mass is 16.1. The summed E-state index contributed by atoms with van der Waals surface area (Å²) in [4.78, 5) is 12.6. The molecule has 0 fully saturated rings. The Kier molecular flexibility index (Phi) is 2.70. The van der Waals surface area contributed by atoms with E-state index in [1.165, 1.54) is 0 Å². The number of nitrogens with zero attached hydrogens (tertiary/aromatic N) is 1. The second-order valence-corrected chi connectivity index (χ2v) is 2.15. The van der Waals surface area contributed by atoms with Gasteiger partial charge in [0.1, 0.15) is 11.8 Å². The van der Waals surface area contributed by atoms with Crippen molar-refractivity contribution in [2.24, 2.45) is 0 Å². The molecule has 0 spiro atoms. The SMILES string of the molecule is N#Cc1cc(CC#CC=O)c[nH]1. The number of aromatic amines is 1. The van der Waals surface area contributed by atoms with Gasteiger partial charge in [-0.25, -0.2) is 0 Å². The first-order valence-electron chi connectivity index (χ1n) is 3.36. The van der Waals surface area contributed by atoms with Gasteiger partial charge < -0.3 is 4.98 Å². The van der Waals surface area contributed by atoms with E-state index in [2.05, 4.69) is 16.8 Å². The molecule has 1 rings (SSSR count). The molecule has 0 aliphatic rings. The van der Waals surface area contributed by atoms with Gasteiger partial charge in [-0.15, -0.1) is 0 Å². The van der Waals surface area contributed by atoms with Gasteiger partial charge in [-0.3, -0.25) is 4.79 Å². The van der Waals surface area contributed by atoms with Gasteiger partial charge in [0.15, 0.2) is 6.29 Å². The molecule has 0 aromatic carbocycles. The minimum absolute atomic E-state index is 0.497. The molecule has 1 aromatic rings. The maximum atomic E-state index is 9.82. The third-order valence-corrected chi connectivity index (χ3v) is 1.32. The van der Waals surface area contributed by atoms with Gasteiger partial charge in [0, 0.05) is 12.6 Å². The van der Waals surface area contributed by atoms with Crippen LogP contribution in [0.15, 0.2) is 12.3 Å². The highest BCUT2D eigenvalue weighted by Crippen LogP contribution is 2.01. The molecule has 0 aliphatic heterocycles. The predicted molar refractivity (Wildman–Crippen MR) is 43.1 cm³/mol. The Balaban J connectivity index is 2.65. The van der Waals surface area contributed by atoms with Crippen LogP contribution in [-0.4, -0.2) is 11.3 Å². The summed E-state index contributed by atoms with van der Waals surface area (Å²) in [6.45, 7) is 0. The van der Waals surface area contributed by atoms with Crippen LogP contribution in [0.4, 0.5) is 0 Å². The molecule has 0 radical (unpaired) electrons. The standard InChI is InChI=1S/C9H6N2O/c10-6-9-5-8(7-11-9)3-1-2-4-12/h4-5,7,11H,3H2. The second-order valence-electron chi connectivity index (χ2n) is 2.15. The summed E-state index contributed by atoms with van der Waals surface area (Å²) < 4.78 is 0. The number of aromatic nitrogens is 1. The normalized spacial score (nSPS) is 7.92. The van der Waals surface area contributed by atoms with Crippen molar-refractivity contribution in [3.8, 4) is 17.9 Å². The van der Waals surface area contributed by atoms with Gasteiger partial charge in [0.2, 0.25) is 0 Å². The molecule has 12 heavy (non-hydrogen) atoms. The van der Waals surface area contributed by atoms with Crippen LogP contribution in [0.1, 0.15) is 11.3 Å². The minimum Gasteiger partial charge on any atom is -0.353 e. The molecule has 1 N–H and O–H groups in total. The molecule has 0 atom stereocenters. The molecule has 3 heteroatoms. The third-order valence-electron chi connectivity index (χ3n) is 1.32. The van der Waals surface area contributed by atoms with Crippen LogP contribution in [0.3, 0.4) is 0 Å². The lowest BCUT2D eigenvalue weighted by molar-refractivity contribution is -0.103. The fourth-order valence-corrected chi connectivity index (χ4v) is 0.801. The van der Waals surface area contributed by atoms with E-state index in [9.17, 15) is 4.79 Å². The van der Waals surface area contributed by atoms with Crippen molar-refractivity contribution in [3.63, 3.8) is 0 Å². The molecule has 3 nitrogen and oxygen atoms in total. The summed E-state index contributed by atoms with van der Waals surface area (Å²) in [5.41, 5.74) is 1.43. The number of carbonyl (C=O) groups excluding carboxylic acids is 1. The third kappa shape index (κ3) is 2.00. The van der Waals surface area contributed by atoms with Crippen molar-refractivity contribution >= 4 is 6.29 Å². The van der Waals surface area contributed by atoms with E-state index >= 15 is 0 Å². The van der Waals surface area contributed by atoms with Crippen LogP contribution in [-0.2, 0) is 11.2 Å². The number of H-pyrrole nitrogens is 1. The lowest BCUT2D eigenvalue weighted by Crippen LogP contribution is -1.74. The number of nitriles is 1. The minimum atomic E-state index is 0.497. The van der Waals surface area contributed by atoms with Gasteiger partial charge in [-0.05, 0) is 17.6 Å². The van der Waals surface area contributed by atoms with Crippen molar-refractivity contribution in [1.29, 1.82) is 5.26 Å². The van der Waals surface area contributed by atoms with E-state index in [0.29, 0.717) is 18.4 Å². The number of nitrogens with one attached hydrogen (secondary N) is 1. The summed E-state index contributed by atoms with van der Waals surface area (Å²) in [6, 6.07) is 3.67. The Morgan fingerprint density at radius 2 is 2.50 bits per heavy atom. The average Bonchev–Trinajstić information content (AvgIpc) is 2.53. The Morgan fingerprint density at radius 1 is 1.67 bits per heavy atom. The molecular weight excluding hydrogens is 152 g/mol. The molecule has 0 saturated heterocycles. The molecule has 1 aromatic heterocycles. The molecule has 0 unspecified atom stereocenters. The first-order chi connectivity index (χ1) is 5.86. The van der Waals surface area contributed by atoms with E-state index in [4.69, 9.17) is 5.26 Å². The highest BCUT2D eigenvalue weighted by molar-refractivity contribution is 5.72. The van der Waals surface area contributed by atoms with Gasteiger partial charge in [-0.2, -0.15) is 5.26 Å². The topological polar surface area (TPSA) is 56.6 Å². The first kappa shape index (κ1) is 8.10. The number of rotatable bonds is 1. The second kappa shape index (κ2) is 4.00. The van der Waals surface area contributed by atoms with Crippen molar-refractivity contribution in [2.45, 2.75) is 6.42 Å². The van der Waals surface area contributed by atoms with Crippen LogP contribution in [0.25, 0.3) is 0 Å². The summed E-state index contributed by atoms with van der Waals surface area (Å²) in [6.07, 6.45) is 2.76. The fraction of sp³-hybridized carbons (Fsp3) is 0.111. The smallest absolute Gasteiger partial charge is 0.192 e. The van der Waals surface area contributed by atoms with E-state index < -0.39 is 0 Å². The summed E-state index contributed by atoms with van der Waals surface area (Å²) in [7, 11) is 0. The average molecular weight is 158 g/mol. The van der Waals surface area contributed by atoms with Crippen LogP contribution in [0.2, 0.25) is 0 Å². The fourth-order valence-electron chi connectivity index (χ4n) is 0.801. The Morgan fingerprint density at radius 3 is 3.08 bits per heavy atom. The van der Waals surface area contributed by atoms with Gasteiger partial charge in [0.25, 0.3) is 0 Å². The lowest BCUT2D eigenvalue weighted by Gasteiger charge is -1.80. The number of hydrogen-bond acceptors (Lipinski definition) is 2. The zero-order valence-electron chi connectivity index (χ0n) is 6.29. The van der Waals surface area contributed by atoms with Gasteiger partial charge >= 0.3 is 0 Å². The molecule has 58 valence electrons. The zero-order chi connectivity index (χ0) is 8.81. The Hall–Kier alpha value is -2.00. The molecular formula is C9H6N2O. The Labute approximate surface area is 70.0 Å². The monoisotopic (exact) mass is 158 g/mol. The summed E-state index contributed by atoms with van der Waals surface area (Å²) in [5.74, 6) is 4.94. The summed E-state index contributed by atoms with van der Waals surface area (Å²) >= 11 is 0. The molecule has 0 amide bonds. The highest BCUT2D eigenvalue weighted by Gasteiger charge is 1.94. The number of aldehydes is 1. The molecule has 0 bridgehead atoms. The van der Waals surface area contributed by atoms with E-state index in [1.807, 2.05) is 6.07 Å². The molecule has 0 aliphatic carbocycles.